The molecule has 2 aromatic heterocycles. The Hall–Kier alpha value is -2.45. The molecule has 1 aromatic carbocycles. The van der Waals surface area contributed by atoms with Crippen LogP contribution in [-0.2, 0) is 13.6 Å². The van der Waals surface area contributed by atoms with Crippen LogP contribution in [0.3, 0.4) is 0 Å². The number of carbonyl (C=O) groups is 1. The predicted molar refractivity (Wildman–Crippen MR) is 167 cm³/mol. The Kier molecular flexibility index (Phi) is 8.44. The summed E-state index contributed by atoms with van der Waals surface area (Å²) in [6.07, 6.45) is 1.39. The van der Waals surface area contributed by atoms with E-state index in [2.05, 4.69) is 77.7 Å². The minimum absolute atomic E-state index is 0.0218. The maximum Gasteiger partial charge on any atom is 0.279 e. The maximum absolute atomic E-state index is 13.0. The summed E-state index contributed by atoms with van der Waals surface area (Å²) in [4.78, 5) is 36.7. The summed E-state index contributed by atoms with van der Waals surface area (Å²) in [6, 6.07) is 7.03. The molecule has 1 aliphatic heterocycles. The number of aromatic nitrogens is 4. The van der Waals surface area contributed by atoms with E-state index >= 15 is 0 Å². The minimum Gasteiger partial charge on any atom is -0.414 e. The van der Waals surface area contributed by atoms with Crippen LogP contribution in [0.15, 0.2) is 35.4 Å². The molecule has 9 nitrogen and oxygen atoms in total. The normalized spacial score (nSPS) is 20.6. The van der Waals surface area contributed by atoms with E-state index in [0.717, 1.165) is 0 Å². The number of aromatic amines is 1. The molecule has 0 unspecified atom stereocenters. The Morgan fingerprint density at radius 2 is 1.66 bits per heavy atom. The number of benzene rings is 1. The Morgan fingerprint density at radius 1 is 1.05 bits per heavy atom. The van der Waals surface area contributed by atoms with E-state index in [0.29, 0.717) is 35.6 Å². The van der Waals surface area contributed by atoms with Gasteiger partial charge in [0.05, 0.1) is 19.0 Å². The molecule has 11 heteroatoms. The van der Waals surface area contributed by atoms with Crippen LogP contribution in [0.2, 0.25) is 36.3 Å². The zero-order valence-electron chi connectivity index (χ0n) is 26.4. The molecule has 1 aliphatic rings. The molecule has 4 rings (SSSR count). The van der Waals surface area contributed by atoms with Crippen molar-refractivity contribution in [3.05, 3.63) is 46.5 Å². The smallest absolute Gasteiger partial charge is 0.279 e. The van der Waals surface area contributed by atoms with Crippen LogP contribution in [0, 0.1) is 0 Å². The van der Waals surface area contributed by atoms with Crippen LogP contribution in [0.4, 0.5) is 0 Å². The summed E-state index contributed by atoms with van der Waals surface area (Å²) in [5, 5.41) is 0.116. The fourth-order valence-electron chi connectivity index (χ4n) is 4.34. The van der Waals surface area contributed by atoms with Gasteiger partial charge in [0.1, 0.15) is 18.2 Å². The third kappa shape index (κ3) is 6.49. The summed E-state index contributed by atoms with van der Waals surface area (Å²) in [6.45, 7) is 24.3. The Labute approximate surface area is 245 Å². The highest BCUT2D eigenvalue weighted by Crippen LogP contribution is 2.42. The molecule has 3 aromatic rings. The molecule has 0 spiro atoms. The molecule has 0 aliphatic carbocycles. The number of Topliss-reactive ketones (excluding diaryl/α,β-unsaturated/α-hetero) is 1. The van der Waals surface area contributed by atoms with Gasteiger partial charge >= 0.3 is 0 Å². The van der Waals surface area contributed by atoms with Crippen LogP contribution in [0.1, 0.15) is 71.5 Å². The molecule has 0 radical (unpaired) electrons. The van der Waals surface area contributed by atoms with Crippen molar-refractivity contribution in [1.29, 1.82) is 0 Å². The standard InChI is InChI=1S/C30H46N4O5Si2/c1-19(35)20-12-14-21(15-13-20)26-32-27-25(28(36)33-26)31-18-34(27)24-16-22(39-41(10,11)30(5,6)7)23(38-24)17-37-40(8,9)29(2,3)4/h12-15,18,22-24H,16-17H2,1-11H3,(H,32,33,36)/t22-,23+,24+/m0/s1. The van der Waals surface area contributed by atoms with Gasteiger partial charge in [0.25, 0.3) is 5.56 Å². The van der Waals surface area contributed by atoms with E-state index in [1.54, 1.807) is 30.6 Å². The minimum atomic E-state index is -2.11. The van der Waals surface area contributed by atoms with Crippen LogP contribution in [0.25, 0.3) is 22.6 Å². The number of rotatable bonds is 8. The number of ketones is 1. The van der Waals surface area contributed by atoms with Crippen molar-refractivity contribution < 1.29 is 18.4 Å². The average molecular weight is 599 g/mol. The predicted octanol–water partition coefficient (Wildman–Crippen LogP) is 6.69. The number of imidazole rings is 1. The van der Waals surface area contributed by atoms with Crippen LogP contribution in [0.5, 0.6) is 0 Å². The second-order valence-electron chi connectivity index (χ2n) is 14.2. The molecule has 1 saturated heterocycles. The number of hydrogen-bond donors (Lipinski definition) is 1. The van der Waals surface area contributed by atoms with Gasteiger partial charge in [-0.25, -0.2) is 9.97 Å². The third-order valence-electron chi connectivity index (χ3n) is 9.15. The first-order valence-corrected chi connectivity index (χ1v) is 20.2. The van der Waals surface area contributed by atoms with Gasteiger partial charge in [-0.3, -0.25) is 14.2 Å². The largest absolute Gasteiger partial charge is 0.414 e. The molecule has 0 amide bonds. The fraction of sp³-hybridized carbons (Fsp3) is 0.600. The number of H-pyrrole nitrogens is 1. The molecular weight excluding hydrogens is 553 g/mol. The zero-order chi connectivity index (χ0) is 30.5. The van der Waals surface area contributed by atoms with Crippen molar-refractivity contribution in [1.82, 2.24) is 19.5 Å². The lowest BCUT2D eigenvalue weighted by molar-refractivity contribution is -0.0383. The summed E-state index contributed by atoms with van der Waals surface area (Å²) in [5.74, 6) is 0.385. The highest BCUT2D eigenvalue weighted by Gasteiger charge is 2.47. The van der Waals surface area contributed by atoms with Crippen molar-refractivity contribution in [2.24, 2.45) is 0 Å². The van der Waals surface area contributed by atoms with Crippen molar-refractivity contribution >= 4 is 33.6 Å². The lowest BCUT2D eigenvalue weighted by atomic mass is 10.1. The summed E-state index contributed by atoms with van der Waals surface area (Å²) < 4.78 is 22.0. The van der Waals surface area contributed by atoms with Gasteiger partial charge in [-0.1, -0.05) is 65.8 Å². The number of ether oxygens (including phenoxy) is 1. The molecule has 0 bridgehead atoms. The highest BCUT2D eigenvalue weighted by atomic mass is 28.4. The second-order valence-corrected chi connectivity index (χ2v) is 23.8. The topological polar surface area (TPSA) is 108 Å². The lowest BCUT2D eigenvalue weighted by Crippen LogP contribution is -2.48. The fourth-order valence-corrected chi connectivity index (χ4v) is 6.72. The van der Waals surface area contributed by atoms with E-state index in [-0.39, 0.29) is 39.1 Å². The zero-order valence-corrected chi connectivity index (χ0v) is 28.4. The average Bonchev–Trinajstić information content (AvgIpc) is 3.45. The van der Waals surface area contributed by atoms with Crippen molar-refractivity contribution in [3.63, 3.8) is 0 Å². The SMILES string of the molecule is CC(=O)c1ccc(-c2nc3c(ncn3[C@H]3C[C@H](O[Si](C)(C)C(C)(C)C)[C@@H](CO[Si](C)(C)C(C)(C)C)O3)c(=O)[nH]2)cc1. The molecule has 3 heterocycles. The number of nitrogens with one attached hydrogen (secondary N) is 1. The lowest BCUT2D eigenvalue weighted by Gasteiger charge is -2.40. The van der Waals surface area contributed by atoms with Gasteiger partial charge in [0.15, 0.2) is 33.6 Å². The number of hydrogen-bond acceptors (Lipinski definition) is 7. The first-order valence-electron chi connectivity index (χ1n) is 14.4. The highest BCUT2D eigenvalue weighted by molar-refractivity contribution is 6.74. The Balaban J connectivity index is 1.68. The Morgan fingerprint density at radius 3 is 2.22 bits per heavy atom. The molecule has 0 saturated carbocycles. The van der Waals surface area contributed by atoms with Gasteiger partial charge in [-0.2, -0.15) is 0 Å². The number of nitrogens with zero attached hydrogens (tertiary/aromatic N) is 3. The summed E-state index contributed by atoms with van der Waals surface area (Å²) in [5.41, 5.74) is 1.67. The van der Waals surface area contributed by atoms with Crippen LogP contribution in [-0.4, -0.2) is 60.8 Å². The van der Waals surface area contributed by atoms with E-state index < -0.39 is 22.9 Å². The van der Waals surface area contributed by atoms with Gasteiger partial charge in [0.2, 0.25) is 0 Å². The van der Waals surface area contributed by atoms with E-state index in [9.17, 15) is 9.59 Å². The van der Waals surface area contributed by atoms with Crippen LogP contribution < -0.4 is 5.56 Å². The first-order chi connectivity index (χ1) is 18.8. The van der Waals surface area contributed by atoms with Crippen molar-refractivity contribution in [2.45, 2.75) is 110 Å². The molecule has 3 atom stereocenters. The number of fused-ring (bicyclic) bond motifs is 1. The van der Waals surface area contributed by atoms with Gasteiger partial charge in [-0.15, -0.1) is 0 Å². The molecule has 41 heavy (non-hydrogen) atoms. The quantitative estimate of drug-likeness (QED) is 0.227. The van der Waals surface area contributed by atoms with E-state index in [1.165, 1.54) is 6.92 Å². The van der Waals surface area contributed by atoms with E-state index in [1.807, 2.05) is 4.57 Å². The van der Waals surface area contributed by atoms with E-state index in [4.69, 9.17) is 18.6 Å². The summed E-state index contributed by atoms with van der Waals surface area (Å²) in [7, 11) is -4.13. The van der Waals surface area contributed by atoms with Gasteiger partial charge in [-0.05, 0) is 43.2 Å². The molecular formula is C30H46N4O5Si2. The van der Waals surface area contributed by atoms with Gasteiger partial charge < -0.3 is 18.6 Å². The first kappa shape index (κ1) is 31.5. The second kappa shape index (κ2) is 11.0. The van der Waals surface area contributed by atoms with Gasteiger partial charge in [0, 0.05) is 17.5 Å². The Bertz CT molecular complexity index is 1470. The molecule has 224 valence electrons. The monoisotopic (exact) mass is 598 g/mol. The molecule has 1 N–H and O–H groups in total. The van der Waals surface area contributed by atoms with Crippen molar-refractivity contribution in [2.75, 3.05) is 6.61 Å². The molecule has 1 fully saturated rings. The van der Waals surface area contributed by atoms with Crippen molar-refractivity contribution in [3.8, 4) is 11.4 Å². The van der Waals surface area contributed by atoms with Crippen LogP contribution >= 0.6 is 0 Å². The maximum atomic E-state index is 13.0. The summed E-state index contributed by atoms with van der Waals surface area (Å²) >= 11 is 0. The third-order valence-corrected chi connectivity index (χ3v) is 18.2. The number of carbonyl (C=O) groups excluding carboxylic acids is 1.